The van der Waals surface area contributed by atoms with Gasteiger partial charge in [0.2, 0.25) is 0 Å². The number of ether oxygens (including phenoxy) is 1. The Morgan fingerprint density at radius 1 is 1.50 bits per heavy atom. The molecule has 6 heteroatoms. The lowest BCUT2D eigenvalue weighted by Crippen LogP contribution is -2.46. The Balaban J connectivity index is 3.74. The minimum atomic E-state index is -1.03. The Morgan fingerprint density at radius 2 is 2.14 bits per heavy atom. The second-order valence-electron chi connectivity index (χ2n) is 2.69. The van der Waals surface area contributed by atoms with Gasteiger partial charge in [0.25, 0.3) is 0 Å². The topological polar surface area (TPSA) is 87.7 Å². The van der Waals surface area contributed by atoms with E-state index in [-0.39, 0.29) is 0 Å². The summed E-state index contributed by atoms with van der Waals surface area (Å²) in [5, 5.41) is 13.4. The Bertz CT molecular complexity index is 196. The molecule has 2 amide bonds. The molecule has 0 saturated heterocycles. The number of hydrogen-bond acceptors (Lipinski definition) is 3. The van der Waals surface area contributed by atoms with Crippen molar-refractivity contribution in [1.29, 1.82) is 0 Å². The van der Waals surface area contributed by atoms with Gasteiger partial charge in [-0.25, -0.2) is 9.59 Å². The van der Waals surface area contributed by atoms with Crippen LogP contribution in [0.2, 0.25) is 0 Å². The second kappa shape index (κ2) is 7.14. The van der Waals surface area contributed by atoms with Crippen molar-refractivity contribution in [3.8, 4) is 0 Å². The number of hydrogen-bond donors (Lipinski definition) is 3. The summed E-state index contributed by atoms with van der Waals surface area (Å²) in [6.07, 6.45) is 0.354. The van der Waals surface area contributed by atoms with Crippen molar-refractivity contribution in [3.63, 3.8) is 0 Å². The van der Waals surface area contributed by atoms with Crippen LogP contribution < -0.4 is 10.6 Å². The number of nitrogens with one attached hydrogen (secondary N) is 2. The number of amides is 2. The fourth-order valence-electron chi connectivity index (χ4n) is 0.814. The first-order valence-corrected chi connectivity index (χ1v) is 4.38. The van der Waals surface area contributed by atoms with Gasteiger partial charge < -0.3 is 20.5 Å². The number of carboxylic acid groups (broad SMARTS) is 1. The van der Waals surface area contributed by atoms with Crippen LogP contribution in [0.4, 0.5) is 4.79 Å². The number of aliphatic carboxylic acids is 1. The summed E-state index contributed by atoms with van der Waals surface area (Å²) in [7, 11) is 1.52. The molecule has 0 heterocycles. The van der Waals surface area contributed by atoms with Crippen LogP contribution in [0.5, 0.6) is 0 Å². The van der Waals surface area contributed by atoms with Crippen LogP contribution >= 0.6 is 0 Å². The molecule has 0 spiro atoms. The molecule has 0 fully saturated rings. The lowest BCUT2D eigenvalue weighted by Gasteiger charge is -2.12. The lowest BCUT2D eigenvalue weighted by molar-refractivity contribution is -0.139. The van der Waals surface area contributed by atoms with Crippen LogP contribution in [0.15, 0.2) is 0 Å². The standard InChI is InChI=1S/C8H16N2O4/c1-3-6(7(11)12)10-8(13)9-4-5-14-2/h6H,3-5H2,1-2H3,(H,11,12)(H2,9,10,13). The highest BCUT2D eigenvalue weighted by Crippen LogP contribution is 1.89. The molecule has 0 aliphatic heterocycles. The minimum absolute atomic E-state index is 0.354. The Hall–Kier alpha value is -1.30. The van der Waals surface area contributed by atoms with Crippen LogP contribution in [-0.2, 0) is 9.53 Å². The molecule has 1 unspecified atom stereocenters. The molecule has 0 rings (SSSR count). The Kier molecular flexibility index (Phi) is 6.47. The van der Waals surface area contributed by atoms with Gasteiger partial charge in [-0.3, -0.25) is 0 Å². The van der Waals surface area contributed by atoms with Gasteiger partial charge in [0.1, 0.15) is 6.04 Å². The quantitative estimate of drug-likeness (QED) is 0.523. The molecule has 82 valence electrons. The highest BCUT2D eigenvalue weighted by Gasteiger charge is 2.16. The van der Waals surface area contributed by atoms with Gasteiger partial charge in [-0.1, -0.05) is 6.92 Å². The van der Waals surface area contributed by atoms with Gasteiger partial charge in [-0.05, 0) is 6.42 Å². The van der Waals surface area contributed by atoms with E-state index in [1.807, 2.05) is 0 Å². The predicted octanol–water partition coefficient (Wildman–Crippen LogP) is -0.205. The summed E-state index contributed by atoms with van der Waals surface area (Å²) >= 11 is 0. The van der Waals surface area contributed by atoms with E-state index in [0.29, 0.717) is 19.6 Å². The molecule has 3 N–H and O–H groups in total. The van der Waals surface area contributed by atoms with E-state index >= 15 is 0 Å². The van der Waals surface area contributed by atoms with Gasteiger partial charge in [-0.2, -0.15) is 0 Å². The average Bonchev–Trinajstić information content (AvgIpc) is 2.14. The molecule has 0 aliphatic carbocycles. The number of urea groups is 1. The highest BCUT2D eigenvalue weighted by molar-refractivity contribution is 5.82. The van der Waals surface area contributed by atoms with Crippen molar-refractivity contribution in [2.45, 2.75) is 19.4 Å². The number of carboxylic acids is 1. The molecule has 0 aromatic rings. The molecular weight excluding hydrogens is 188 g/mol. The second-order valence-corrected chi connectivity index (χ2v) is 2.69. The van der Waals surface area contributed by atoms with Crippen molar-refractivity contribution in [2.75, 3.05) is 20.3 Å². The fourth-order valence-corrected chi connectivity index (χ4v) is 0.814. The summed E-state index contributed by atoms with van der Waals surface area (Å²) in [5.74, 6) is -1.03. The van der Waals surface area contributed by atoms with Crippen LogP contribution in [-0.4, -0.2) is 43.4 Å². The molecule has 1 atom stereocenters. The molecule has 0 saturated carbocycles. The van der Waals surface area contributed by atoms with Gasteiger partial charge >= 0.3 is 12.0 Å². The van der Waals surface area contributed by atoms with Crippen LogP contribution in [0.25, 0.3) is 0 Å². The smallest absolute Gasteiger partial charge is 0.326 e. The maximum Gasteiger partial charge on any atom is 0.326 e. The molecule has 0 bridgehead atoms. The van der Waals surface area contributed by atoms with Gasteiger partial charge in [-0.15, -0.1) is 0 Å². The maximum absolute atomic E-state index is 11.1. The van der Waals surface area contributed by atoms with E-state index < -0.39 is 18.0 Å². The number of rotatable bonds is 6. The molecule has 0 radical (unpaired) electrons. The Morgan fingerprint density at radius 3 is 2.57 bits per heavy atom. The third-order valence-corrected chi connectivity index (χ3v) is 1.60. The number of carbonyl (C=O) groups excluding carboxylic acids is 1. The summed E-state index contributed by atoms with van der Waals surface area (Å²) < 4.78 is 4.71. The lowest BCUT2D eigenvalue weighted by atomic mass is 10.2. The van der Waals surface area contributed by atoms with Crippen molar-refractivity contribution < 1.29 is 19.4 Å². The molecule has 0 aromatic carbocycles. The molecular formula is C8H16N2O4. The van der Waals surface area contributed by atoms with E-state index in [1.54, 1.807) is 6.92 Å². The summed E-state index contributed by atoms with van der Waals surface area (Å²) in [6.45, 7) is 2.45. The highest BCUT2D eigenvalue weighted by atomic mass is 16.5. The van der Waals surface area contributed by atoms with E-state index in [9.17, 15) is 9.59 Å². The van der Waals surface area contributed by atoms with E-state index in [4.69, 9.17) is 9.84 Å². The monoisotopic (exact) mass is 204 g/mol. The third kappa shape index (κ3) is 5.36. The largest absolute Gasteiger partial charge is 0.480 e. The first kappa shape index (κ1) is 12.7. The van der Waals surface area contributed by atoms with Gasteiger partial charge in [0.15, 0.2) is 0 Å². The molecule has 0 aromatic heterocycles. The molecule has 6 nitrogen and oxygen atoms in total. The van der Waals surface area contributed by atoms with E-state index in [0.717, 1.165) is 0 Å². The summed E-state index contributed by atoms with van der Waals surface area (Å²) in [5.41, 5.74) is 0. The maximum atomic E-state index is 11.1. The zero-order valence-corrected chi connectivity index (χ0v) is 8.37. The van der Waals surface area contributed by atoms with E-state index in [1.165, 1.54) is 7.11 Å². The normalized spacial score (nSPS) is 11.9. The summed E-state index contributed by atoms with van der Waals surface area (Å²) in [6, 6.07) is -1.33. The first-order valence-electron chi connectivity index (χ1n) is 4.38. The van der Waals surface area contributed by atoms with Crippen LogP contribution in [0, 0.1) is 0 Å². The van der Waals surface area contributed by atoms with Gasteiger partial charge in [0, 0.05) is 13.7 Å². The average molecular weight is 204 g/mol. The van der Waals surface area contributed by atoms with Gasteiger partial charge in [0.05, 0.1) is 6.61 Å². The number of carbonyl (C=O) groups is 2. The number of methoxy groups -OCH3 is 1. The summed E-state index contributed by atoms with van der Waals surface area (Å²) in [4.78, 5) is 21.6. The third-order valence-electron chi connectivity index (χ3n) is 1.60. The molecule has 0 aliphatic rings. The van der Waals surface area contributed by atoms with Crippen LogP contribution in [0.3, 0.4) is 0 Å². The van der Waals surface area contributed by atoms with E-state index in [2.05, 4.69) is 10.6 Å². The van der Waals surface area contributed by atoms with Crippen molar-refractivity contribution in [2.24, 2.45) is 0 Å². The van der Waals surface area contributed by atoms with Crippen molar-refractivity contribution >= 4 is 12.0 Å². The van der Waals surface area contributed by atoms with Crippen LogP contribution in [0.1, 0.15) is 13.3 Å². The van der Waals surface area contributed by atoms with Crippen molar-refractivity contribution in [3.05, 3.63) is 0 Å². The predicted molar refractivity (Wildman–Crippen MR) is 50.1 cm³/mol. The zero-order valence-electron chi connectivity index (χ0n) is 8.37. The zero-order chi connectivity index (χ0) is 11.0. The minimum Gasteiger partial charge on any atom is -0.480 e. The first-order chi connectivity index (χ1) is 6.61. The fraction of sp³-hybridized carbons (Fsp3) is 0.750. The Labute approximate surface area is 82.6 Å². The molecule has 14 heavy (non-hydrogen) atoms. The van der Waals surface area contributed by atoms with Crippen molar-refractivity contribution in [1.82, 2.24) is 10.6 Å². The SMILES string of the molecule is CCC(NC(=O)NCCOC)C(=O)O.